The zero-order valence-corrected chi connectivity index (χ0v) is 13.5. The molecule has 1 saturated heterocycles. The van der Waals surface area contributed by atoms with Gasteiger partial charge in [-0.2, -0.15) is 0 Å². The highest BCUT2D eigenvalue weighted by atomic mass is 16.5. The normalized spacial score (nSPS) is 17.2. The molecule has 2 aliphatic rings. The Morgan fingerprint density at radius 1 is 1.08 bits per heavy atom. The molecule has 0 aromatic carbocycles. The van der Waals surface area contributed by atoms with Crippen molar-refractivity contribution >= 4 is 17.5 Å². The van der Waals surface area contributed by atoms with Crippen molar-refractivity contribution in [2.45, 2.75) is 19.3 Å². The number of rotatable bonds is 2. The third kappa shape index (κ3) is 2.79. The fourth-order valence-corrected chi connectivity index (χ4v) is 3.23. The number of pyridine rings is 2. The van der Waals surface area contributed by atoms with Gasteiger partial charge >= 0.3 is 0 Å². The van der Waals surface area contributed by atoms with Crippen LogP contribution in [0.2, 0.25) is 0 Å². The summed E-state index contributed by atoms with van der Waals surface area (Å²) in [7, 11) is 0. The summed E-state index contributed by atoms with van der Waals surface area (Å²) in [6, 6.07) is 7.60. The summed E-state index contributed by atoms with van der Waals surface area (Å²) in [6.45, 7) is 2.90. The van der Waals surface area contributed by atoms with Crippen molar-refractivity contribution in [1.82, 2.24) is 14.9 Å². The Balaban J connectivity index is 1.62. The van der Waals surface area contributed by atoms with Gasteiger partial charge in [0.1, 0.15) is 12.4 Å². The number of aromatic nitrogens is 2. The van der Waals surface area contributed by atoms with Crippen LogP contribution in [-0.4, -0.2) is 47.0 Å². The van der Waals surface area contributed by atoms with Crippen LogP contribution >= 0.6 is 0 Å². The van der Waals surface area contributed by atoms with E-state index in [-0.39, 0.29) is 5.91 Å². The molecule has 0 aliphatic carbocycles. The molecule has 2 aliphatic heterocycles. The van der Waals surface area contributed by atoms with Gasteiger partial charge in [-0.1, -0.05) is 6.07 Å². The Bertz CT molecular complexity index is 729. The lowest BCUT2D eigenvalue weighted by atomic mass is 10.1. The summed E-state index contributed by atoms with van der Waals surface area (Å²) in [5.41, 5.74) is 0.596. The van der Waals surface area contributed by atoms with Gasteiger partial charge in [0.15, 0.2) is 11.6 Å². The maximum Gasteiger partial charge on any atom is 0.255 e. The van der Waals surface area contributed by atoms with Crippen LogP contribution in [0.3, 0.4) is 0 Å². The Labute approximate surface area is 141 Å². The number of fused-ring (bicyclic) bond motifs is 1. The molecule has 24 heavy (non-hydrogen) atoms. The second-order valence-electron chi connectivity index (χ2n) is 6.09. The molecule has 0 spiro atoms. The number of hydrogen-bond donors (Lipinski definition) is 0. The van der Waals surface area contributed by atoms with Crippen LogP contribution in [0.15, 0.2) is 36.7 Å². The summed E-state index contributed by atoms with van der Waals surface area (Å²) in [4.78, 5) is 25.5. The second kappa shape index (κ2) is 6.47. The third-order valence-electron chi connectivity index (χ3n) is 4.48. The van der Waals surface area contributed by atoms with Crippen molar-refractivity contribution in [3.05, 3.63) is 42.2 Å². The topological polar surface area (TPSA) is 58.6 Å². The summed E-state index contributed by atoms with van der Waals surface area (Å²) in [5.74, 6) is 2.25. The van der Waals surface area contributed by atoms with Gasteiger partial charge in [-0.3, -0.25) is 4.79 Å². The van der Waals surface area contributed by atoms with Gasteiger partial charge < -0.3 is 14.5 Å². The van der Waals surface area contributed by atoms with Gasteiger partial charge in [0.05, 0.1) is 12.1 Å². The first-order chi connectivity index (χ1) is 11.8. The highest BCUT2D eigenvalue weighted by Gasteiger charge is 2.25. The summed E-state index contributed by atoms with van der Waals surface area (Å²) in [5, 5.41) is 0. The van der Waals surface area contributed by atoms with Gasteiger partial charge in [0, 0.05) is 25.5 Å². The largest absolute Gasteiger partial charge is 0.488 e. The van der Waals surface area contributed by atoms with Gasteiger partial charge in [0.25, 0.3) is 5.91 Å². The molecule has 0 radical (unpaired) electrons. The van der Waals surface area contributed by atoms with E-state index in [1.165, 1.54) is 6.42 Å². The predicted molar refractivity (Wildman–Crippen MR) is 90.7 cm³/mol. The van der Waals surface area contributed by atoms with Crippen LogP contribution in [0, 0.1) is 0 Å². The van der Waals surface area contributed by atoms with E-state index >= 15 is 0 Å². The zero-order chi connectivity index (χ0) is 16.4. The minimum Gasteiger partial charge on any atom is -0.488 e. The molecule has 0 N–H and O–H groups in total. The van der Waals surface area contributed by atoms with E-state index in [1.54, 1.807) is 12.4 Å². The highest BCUT2D eigenvalue weighted by molar-refractivity contribution is 5.95. The van der Waals surface area contributed by atoms with Crippen molar-refractivity contribution in [2.75, 3.05) is 31.1 Å². The zero-order valence-electron chi connectivity index (χ0n) is 13.5. The molecule has 0 unspecified atom stereocenters. The molecule has 2 aromatic rings. The van der Waals surface area contributed by atoms with E-state index in [4.69, 9.17) is 4.74 Å². The Morgan fingerprint density at radius 3 is 2.75 bits per heavy atom. The number of carbonyl (C=O) groups is 1. The SMILES string of the molecule is O=C(c1cnc2c(c1)OCCN2c1ccccn1)N1CCCCC1. The molecule has 0 saturated carbocycles. The maximum atomic E-state index is 12.6. The average Bonchev–Trinajstić information content (AvgIpc) is 2.68. The van der Waals surface area contributed by atoms with E-state index in [0.29, 0.717) is 24.5 Å². The van der Waals surface area contributed by atoms with Crippen LogP contribution in [0.25, 0.3) is 0 Å². The maximum absolute atomic E-state index is 12.6. The van der Waals surface area contributed by atoms with Crippen molar-refractivity contribution in [2.24, 2.45) is 0 Å². The van der Waals surface area contributed by atoms with Crippen LogP contribution in [0.5, 0.6) is 5.75 Å². The molecular formula is C18H20N4O2. The lowest BCUT2D eigenvalue weighted by molar-refractivity contribution is 0.0723. The Kier molecular flexibility index (Phi) is 4.02. The van der Waals surface area contributed by atoms with Crippen LogP contribution in [0.1, 0.15) is 29.6 Å². The number of hydrogen-bond acceptors (Lipinski definition) is 5. The van der Waals surface area contributed by atoms with E-state index in [0.717, 1.165) is 37.6 Å². The first kappa shape index (κ1) is 14.9. The molecule has 0 bridgehead atoms. The molecular weight excluding hydrogens is 304 g/mol. The molecule has 1 fully saturated rings. The predicted octanol–water partition coefficient (Wildman–Crippen LogP) is 2.63. The molecule has 6 heteroatoms. The minimum absolute atomic E-state index is 0.0450. The number of anilines is 2. The molecule has 6 nitrogen and oxygen atoms in total. The molecule has 2 aromatic heterocycles. The first-order valence-corrected chi connectivity index (χ1v) is 8.43. The quantitative estimate of drug-likeness (QED) is 0.850. The fraction of sp³-hybridized carbons (Fsp3) is 0.389. The van der Waals surface area contributed by atoms with E-state index in [9.17, 15) is 4.79 Å². The number of carbonyl (C=O) groups excluding carboxylic acids is 1. The van der Waals surface area contributed by atoms with Crippen LogP contribution in [0.4, 0.5) is 11.6 Å². The van der Waals surface area contributed by atoms with Crippen LogP contribution in [-0.2, 0) is 0 Å². The van der Waals surface area contributed by atoms with Crippen molar-refractivity contribution < 1.29 is 9.53 Å². The molecule has 1 amide bonds. The Morgan fingerprint density at radius 2 is 1.96 bits per heavy atom. The van der Waals surface area contributed by atoms with E-state index < -0.39 is 0 Å². The number of amides is 1. The summed E-state index contributed by atoms with van der Waals surface area (Å²) < 4.78 is 5.75. The highest BCUT2D eigenvalue weighted by Crippen LogP contribution is 2.34. The fourth-order valence-electron chi connectivity index (χ4n) is 3.23. The lowest BCUT2D eigenvalue weighted by Crippen LogP contribution is -2.36. The first-order valence-electron chi connectivity index (χ1n) is 8.43. The minimum atomic E-state index is 0.0450. The third-order valence-corrected chi connectivity index (χ3v) is 4.48. The molecule has 4 rings (SSSR count). The van der Waals surface area contributed by atoms with Gasteiger partial charge in [0.2, 0.25) is 0 Å². The number of likely N-dealkylation sites (tertiary alicyclic amines) is 1. The number of nitrogens with zero attached hydrogens (tertiary/aromatic N) is 4. The second-order valence-corrected chi connectivity index (χ2v) is 6.09. The number of ether oxygens (including phenoxy) is 1. The lowest BCUT2D eigenvalue weighted by Gasteiger charge is -2.30. The Hall–Kier alpha value is -2.63. The standard InChI is InChI=1S/C18H20N4O2/c23-18(21-8-4-1-5-9-21)14-12-15-17(20-13-14)22(10-11-24-15)16-6-2-3-7-19-16/h2-3,6-7,12-13H,1,4-5,8-11H2. The van der Waals surface area contributed by atoms with E-state index in [2.05, 4.69) is 9.97 Å². The van der Waals surface area contributed by atoms with Crippen molar-refractivity contribution in [3.63, 3.8) is 0 Å². The summed E-state index contributed by atoms with van der Waals surface area (Å²) >= 11 is 0. The average molecular weight is 324 g/mol. The summed E-state index contributed by atoms with van der Waals surface area (Å²) in [6.07, 6.45) is 6.77. The monoisotopic (exact) mass is 324 g/mol. The van der Waals surface area contributed by atoms with Crippen molar-refractivity contribution in [3.8, 4) is 5.75 Å². The van der Waals surface area contributed by atoms with Gasteiger partial charge in [-0.15, -0.1) is 0 Å². The van der Waals surface area contributed by atoms with Gasteiger partial charge in [-0.25, -0.2) is 9.97 Å². The molecule has 0 atom stereocenters. The molecule has 4 heterocycles. The van der Waals surface area contributed by atoms with Gasteiger partial charge in [-0.05, 0) is 37.5 Å². The van der Waals surface area contributed by atoms with Crippen molar-refractivity contribution in [1.29, 1.82) is 0 Å². The molecule has 124 valence electrons. The van der Waals surface area contributed by atoms with Crippen LogP contribution < -0.4 is 9.64 Å². The number of piperidine rings is 1. The van der Waals surface area contributed by atoms with E-state index in [1.807, 2.05) is 34.1 Å². The smallest absolute Gasteiger partial charge is 0.255 e.